The number of aromatic amines is 1. The zero-order chi connectivity index (χ0) is 31.0. The predicted molar refractivity (Wildman–Crippen MR) is 160 cm³/mol. The molecule has 3 heterocycles. The van der Waals surface area contributed by atoms with E-state index >= 15 is 0 Å². The lowest BCUT2D eigenvalue weighted by Crippen LogP contribution is -2.68. The van der Waals surface area contributed by atoms with E-state index in [1.54, 1.807) is 0 Å². The highest BCUT2D eigenvalue weighted by Crippen LogP contribution is 2.26. The third-order valence-corrected chi connectivity index (χ3v) is 7.79. The summed E-state index contributed by atoms with van der Waals surface area (Å²) in [6, 6.07) is -1.27. The molecule has 3 rings (SSSR count). The number of carbonyl (C=O) groups excluding carboxylic acids is 2. The molecule has 2 amide bonds. The van der Waals surface area contributed by atoms with Crippen LogP contribution in [0.25, 0.3) is 11.2 Å². The molecule has 14 heteroatoms. The van der Waals surface area contributed by atoms with Gasteiger partial charge >= 0.3 is 0 Å². The summed E-state index contributed by atoms with van der Waals surface area (Å²) in [6.45, 7) is 1.16. The van der Waals surface area contributed by atoms with Gasteiger partial charge < -0.3 is 46.1 Å². The number of amides is 2. The number of aromatic nitrogens is 4. The zero-order valence-electron chi connectivity index (χ0n) is 25.1. The van der Waals surface area contributed by atoms with Gasteiger partial charge in [0.1, 0.15) is 36.3 Å². The number of rotatable bonds is 20. The highest BCUT2D eigenvalue weighted by Gasteiger charge is 2.48. The van der Waals surface area contributed by atoms with Crippen molar-refractivity contribution in [2.24, 2.45) is 0 Å². The van der Waals surface area contributed by atoms with E-state index in [0.717, 1.165) is 19.3 Å². The molecule has 1 aliphatic rings. The molecule has 1 fully saturated rings. The van der Waals surface area contributed by atoms with Crippen LogP contribution in [0.3, 0.4) is 0 Å². The Kier molecular flexibility index (Phi) is 15.0. The van der Waals surface area contributed by atoms with Crippen LogP contribution in [0.5, 0.6) is 0 Å². The van der Waals surface area contributed by atoms with Crippen molar-refractivity contribution in [3.63, 3.8) is 0 Å². The fraction of sp³-hybridized carbons (Fsp3) is 0.759. The lowest BCUT2D eigenvalue weighted by molar-refractivity contribution is -0.204. The Morgan fingerprint density at radius 2 is 1.58 bits per heavy atom. The Morgan fingerprint density at radius 3 is 2.23 bits per heavy atom. The summed E-state index contributed by atoms with van der Waals surface area (Å²) < 4.78 is 5.79. The fourth-order valence-electron chi connectivity index (χ4n) is 5.28. The molecular weight excluding hydrogens is 558 g/mol. The topological polar surface area (TPSA) is 215 Å². The first-order valence-electron chi connectivity index (χ1n) is 15.6. The van der Waals surface area contributed by atoms with E-state index in [1.165, 1.54) is 70.4 Å². The van der Waals surface area contributed by atoms with Crippen LogP contribution in [0.1, 0.15) is 90.4 Å². The van der Waals surface area contributed by atoms with Gasteiger partial charge in [-0.1, -0.05) is 77.6 Å². The van der Waals surface area contributed by atoms with Gasteiger partial charge in [-0.25, -0.2) is 15.0 Å². The number of carbonyl (C=O) groups is 2. The zero-order valence-corrected chi connectivity index (χ0v) is 25.1. The minimum absolute atomic E-state index is 0.231. The van der Waals surface area contributed by atoms with Crippen molar-refractivity contribution in [2.75, 3.05) is 18.5 Å². The SMILES string of the molecule is CCCCCCCCCCCCCCC(=O)NCC(=O)N[C@@H]1[C@@H](O)[C@@H](O)[C@@H](Nc2ncnc3nc[nH]c23)O[C@H]1[C@@H](O)CO. The van der Waals surface area contributed by atoms with E-state index in [0.29, 0.717) is 17.6 Å². The second-order valence-corrected chi connectivity index (χ2v) is 11.2. The fourth-order valence-corrected chi connectivity index (χ4v) is 5.28. The number of nitrogens with zero attached hydrogens (tertiary/aromatic N) is 3. The first-order valence-corrected chi connectivity index (χ1v) is 15.6. The van der Waals surface area contributed by atoms with Crippen molar-refractivity contribution in [1.82, 2.24) is 30.6 Å². The second kappa shape index (κ2) is 18.7. The summed E-state index contributed by atoms with van der Waals surface area (Å²) in [5.41, 5.74) is 0.794. The van der Waals surface area contributed by atoms with Gasteiger partial charge in [0.25, 0.3) is 0 Å². The van der Waals surface area contributed by atoms with E-state index < -0.39 is 49.2 Å². The number of anilines is 1. The van der Waals surface area contributed by atoms with E-state index in [4.69, 9.17) is 4.74 Å². The number of imidazole rings is 1. The smallest absolute Gasteiger partial charge is 0.239 e. The number of aliphatic hydroxyl groups is 4. The second-order valence-electron chi connectivity index (χ2n) is 11.2. The van der Waals surface area contributed by atoms with Crippen LogP contribution in [0.15, 0.2) is 12.7 Å². The standard InChI is InChI=1S/C29H49N7O7/c1-2-3-4-5-6-7-8-9-10-11-12-13-14-20(39)30-15-21(40)35-22-24(41)25(42)29(43-26(22)19(38)16-37)36-28-23-27(32-17-31-23)33-18-34-28/h17-19,22,24-26,29,37-38,41-42H,2-16H2,1H3,(H,30,39)(H,35,40)(H2,31,32,33,34,36)/t19-,22+,24+,25+,26-,29-/m0/s1. The summed E-state index contributed by atoms with van der Waals surface area (Å²) in [7, 11) is 0. The average molecular weight is 608 g/mol. The Morgan fingerprint density at radius 1 is 0.930 bits per heavy atom. The quantitative estimate of drug-likeness (QED) is 0.100. The van der Waals surface area contributed by atoms with Gasteiger partial charge in [0.2, 0.25) is 11.8 Å². The minimum Gasteiger partial charge on any atom is -0.394 e. The van der Waals surface area contributed by atoms with Crippen molar-refractivity contribution in [1.29, 1.82) is 0 Å². The first kappa shape index (κ1) is 34.6. The van der Waals surface area contributed by atoms with E-state index in [9.17, 15) is 30.0 Å². The molecule has 6 atom stereocenters. The summed E-state index contributed by atoms with van der Waals surface area (Å²) >= 11 is 0. The van der Waals surface area contributed by atoms with Gasteiger partial charge in [0, 0.05) is 6.42 Å². The summed E-state index contributed by atoms with van der Waals surface area (Å²) in [4.78, 5) is 39.9. The molecule has 14 nitrogen and oxygen atoms in total. The predicted octanol–water partition coefficient (Wildman–Crippen LogP) is 1.26. The Hall–Kier alpha value is -2.91. The van der Waals surface area contributed by atoms with Crippen molar-refractivity contribution in [2.45, 2.75) is 127 Å². The van der Waals surface area contributed by atoms with Crippen molar-refractivity contribution >= 4 is 28.8 Å². The van der Waals surface area contributed by atoms with Gasteiger partial charge in [0.15, 0.2) is 17.7 Å². The molecule has 1 aliphatic heterocycles. The first-order chi connectivity index (χ1) is 20.8. The third-order valence-electron chi connectivity index (χ3n) is 7.79. The molecule has 0 radical (unpaired) electrons. The largest absolute Gasteiger partial charge is 0.394 e. The maximum absolute atomic E-state index is 12.6. The molecule has 0 saturated carbocycles. The van der Waals surface area contributed by atoms with Crippen LogP contribution in [-0.4, -0.2) is 102 Å². The lowest BCUT2D eigenvalue weighted by atomic mass is 9.92. The minimum atomic E-state index is -1.59. The van der Waals surface area contributed by atoms with Crippen LogP contribution in [-0.2, 0) is 14.3 Å². The normalized spacial score (nSPS) is 22.8. The monoisotopic (exact) mass is 607 g/mol. The molecule has 242 valence electrons. The number of unbranched alkanes of at least 4 members (excludes halogenated alkanes) is 11. The van der Waals surface area contributed by atoms with E-state index in [1.807, 2.05) is 0 Å². The number of ether oxygens (including phenoxy) is 1. The summed E-state index contributed by atoms with van der Waals surface area (Å²) in [6.07, 6.45) is 10.1. The van der Waals surface area contributed by atoms with Crippen molar-refractivity contribution < 1.29 is 34.8 Å². The van der Waals surface area contributed by atoms with Crippen LogP contribution in [0.2, 0.25) is 0 Å². The highest BCUT2D eigenvalue weighted by atomic mass is 16.5. The number of hydrogen-bond donors (Lipinski definition) is 8. The Balaban J connectivity index is 1.37. The third kappa shape index (κ3) is 10.9. The number of fused-ring (bicyclic) bond motifs is 1. The Bertz CT molecular complexity index is 1100. The van der Waals surface area contributed by atoms with Crippen LogP contribution >= 0.6 is 0 Å². The van der Waals surface area contributed by atoms with E-state index in [-0.39, 0.29) is 18.3 Å². The molecular formula is C29H49N7O7. The molecule has 8 N–H and O–H groups in total. The van der Waals surface area contributed by atoms with Gasteiger partial charge in [-0.15, -0.1) is 0 Å². The van der Waals surface area contributed by atoms with Gasteiger partial charge in [-0.2, -0.15) is 0 Å². The number of nitrogens with one attached hydrogen (secondary N) is 4. The van der Waals surface area contributed by atoms with Crippen molar-refractivity contribution in [3.8, 4) is 0 Å². The maximum Gasteiger partial charge on any atom is 0.239 e. The molecule has 0 unspecified atom stereocenters. The molecule has 0 aliphatic carbocycles. The number of aliphatic hydroxyl groups excluding tert-OH is 4. The molecule has 1 saturated heterocycles. The molecule has 43 heavy (non-hydrogen) atoms. The molecule has 0 bridgehead atoms. The molecule has 0 aromatic carbocycles. The average Bonchev–Trinajstić information content (AvgIpc) is 3.50. The summed E-state index contributed by atoms with van der Waals surface area (Å²) in [5, 5.41) is 49.5. The molecule has 0 spiro atoms. The van der Waals surface area contributed by atoms with Crippen molar-refractivity contribution in [3.05, 3.63) is 12.7 Å². The number of H-pyrrole nitrogens is 1. The lowest BCUT2D eigenvalue weighted by Gasteiger charge is -2.44. The molecule has 2 aromatic rings. The van der Waals surface area contributed by atoms with Gasteiger partial charge in [0.05, 0.1) is 25.5 Å². The molecule has 2 aromatic heterocycles. The number of hydrogen-bond acceptors (Lipinski definition) is 11. The van der Waals surface area contributed by atoms with Gasteiger partial charge in [-0.3, -0.25) is 9.59 Å². The summed E-state index contributed by atoms with van der Waals surface area (Å²) in [5.74, 6) is -0.664. The van der Waals surface area contributed by atoms with Crippen LogP contribution in [0.4, 0.5) is 5.82 Å². The Labute approximate surface area is 252 Å². The van der Waals surface area contributed by atoms with E-state index in [2.05, 4.69) is 42.8 Å². The maximum atomic E-state index is 12.6. The van der Waals surface area contributed by atoms with Crippen LogP contribution < -0.4 is 16.0 Å². The van der Waals surface area contributed by atoms with Gasteiger partial charge in [-0.05, 0) is 6.42 Å². The highest BCUT2D eigenvalue weighted by molar-refractivity contribution is 5.85. The van der Waals surface area contributed by atoms with Crippen LogP contribution in [0, 0.1) is 0 Å².